The Hall–Kier alpha value is -3.15. The summed E-state index contributed by atoms with van der Waals surface area (Å²) in [5.74, 6) is -0.306. The molecule has 6 heteroatoms. The van der Waals surface area contributed by atoms with E-state index >= 15 is 0 Å². The Bertz CT molecular complexity index is 1140. The fourth-order valence-electron chi connectivity index (χ4n) is 3.40. The van der Waals surface area contributed by atoms with Crippen molar-refractivity contribution in [3.63, 3.8) is 0 Å². The number of carbonyl (C=O) groups is 1. The first-order valence-corrected chi connectivity index (χ1v) is 9.45. The Morgan fingerprint density at radius 3 is 2.32 bits per heavy atom. The van der Waals surface area contributed by atoms with E-state index in [0.717, 1.165) is 16.8 Å². The van der Waals surface area contributed by atoms with Gasteiger partial charge < -0.3 is 5.32 Å². The smallest absolute Gasteiger partial charge is 0.324 e. The van der Waals surface area contributed by atoms with Crippen LogP contribution in [0.4, 0.5) is 5.69 Å². The molecular formula is C22H25N3O3. The summed E-state index contributed by atoms with van der Waals surface area (Å²) in [6.45, 7) is 7.44. The third kappa shape index (κ3) is 3.50. The molecule has 3 rings (SSSR count). The monoisotopic (exact) mass is 379 g/mol. The second-order valence-electron chi connectivity index (χ2n) is 7.13. The Labute approximate surface area is 163 Å². The lowest BCUT2D eigenvalue weighted by Gasteiger charge is -2.18. The van der Waals surface area contributed by atoms with Gasteiger partial charge in [0.05, 0.1) is 10.9 Å². The highest BCUT2D eigenvalue weighted by Gasteiger charge is 2.18. The molecule has 0 bridgehead atoms. The fourth-order valence-corrected chi connectivity index (χ4v) is 3.40. The van der Waals surface area contributed by atoms with Crippen molar-refractivity contribution in [1.29, 1.82) is 0 Å². The lowest BCUT2D eigenvalue weighted by Crippen LogP contribution is -2.43. The Morgan fingerprint density at radius 2 is 1.68 bits per heavy atom. The molecule has 0 spiro atoms. The molecule has 146 valence electrons. The van der Waals surface area contributed by atoms with Gasteiger partial charge >= 0.3 is 5.69 Å². The summed E-state index contributed by atoms with van der Waals surface area (Å²) in [7, 11) is 0. The van der Waals surface area contributed by atoms with Crippen LogP contribution in [0.15, 0.2) is 52.1 Å². The molecule has 3 aromatic rings. The van der Waals surface area contributed by atoms with E-state index in [-0.39, 0.29) is 24.1 Å². The van der Waals surface area contributed by atoms with Gasteiger partial charge in [0.15, 0.2) is 0 Å². The second kappa shape index (κ2) is 7.84. The summed E-state index contributed by atoms with van der Waals surface area (Å²) in [5, 5.41) is 3.34. The molecule has 0 fully saturated rings. The van der Waals surface area contributed by atoms with Crippen LogP contribution in [0, 0.1) is 13.8 Å². The summed E-state index contributed by atoms with van der Waals surface area (Å²) in [5.41, 5.74) is 2.34. The number of para-hydroxylation sites is 2. The number of benzene rings is 2. The maximum atomic E-state index is 13.1. The zero-order chi connectivity index (χ0) is 20.4. The van der Waals surface area contributed by atoms with E-state index in [1.807, 2.05) is 45.9 Å². The predicted octanol–water partition coefficient (Wildman–Crippen LogP) is 3.39. The number of rotatable bonds is 5. The van der Waals surface area contributed by atoms with Crippen LogP contribution in [0.25, 0.3) is 10.9 Å². The number of aromatic nitrogens is 2. The number of carbonyl (C=O) groups excluding carboxylic acids is 1. The molecule has 1 atom stereocenters. The number of hydrogen-bond acceptors (Lipinski definition) is 3. The molecule has 0 aliphatic heterocycles. The highest BCUT2D eigenvalue weighted by molar-refractivity contribution is 5.93. The summed E-state index contributed by atoms with van der Waals surface area (Å²) >= 11 is 0. The van der Waals surface area contributed by atoms with Crippen LogP contribution in [-0.4, -0.2) is 15.0 Å². The molecule has 0 radical (unpaired) electrons. The van der Waals surface area contributed by atoms with Crippen LogP contribution in [-0.2, 0) is 11.3 Å². The minimum Gasteiger partial charge on any atom is -0.324 e. The van der Waals surface area contributed by atoms with Crippen molar-refractivity contribution in [2.24, 2.45) is 0 Å². The zero-order valence-corrected chi connectivity index (χ0v) is 16.7. The van der Waals surface area contributed by atoms with Crippen molar-refractivity contribution in [3.05, 3.63) is 74.4 Å². The van der Waals surface area contributed by atoms with E-state index in [1.54, 1.807) is 24.3 Å². The minimum absolute atomic E-state index is 0.163. The van der Waals surface area contributed by atoms with E-state index in [0.29, 0.717) is 17.3 Å². The average molecular weight is 379 g/mol. The quantitative estimate of drug-likeness (QED) is 0.738. The molecule has 1 aromatic heterocycles. The second-order valence-corrected chi connectivity index (χ2v) is 7.13. The van der Waals surface area contributed by atoms with Crippen LogP contribution in [0.1, 0.15) is 37.4 Å². The van der Waals surface area contributed by atoms with Crippen molar-refractivity contribution >= 4 is 22.5 Å². The van der Waals surface area contributed by atoms with Gasteiger partial charge in [0, 0.05) is 11.7 Å². The maximum Gasteiger partial charge on any atom is 0.332 e. The van der Waals surface area contributed by atoms with Gasteiger partial charge in [-0.15, -0.1) is 0 Å². The van der Waals surface area contributed by atoms with E-state index < -0.39 is 5.69 Å². The first kappa shape index (κ1) is 19.6. The van der Waals surface area contributed by atoms with Crippen molar-refractivity contribution in [2.45, 2.75) is 46.7 Å². The van der Waals surface area contributed by atoms with E-state index in [9.17, 15) is 14.4 Å². The summed E-state index contributed by atoms with van der Waals surface area (Å²) in [6, 6.07) is 12.4. The molecule has 0 saturated heterocycles. The fraction of sp³-hybridized carbons (Fsp3) is 0.318. The van der Waals surface area contributed by atoms with Gasteiger partial charge in [0.2, 0.25) is 5.91 Å². The summed E-state index contributed by atoms with van der Waals surface area (Å²) in [4.78, 5) is 38.6. The number of aryl methyl sites for hydroxylation is 2. The molecule has 2 aromatic carbocycles. The van der Waals surface area contributed by atoms with Gasteiger partial charge in [-0.2, -0.15) is 0 Å². The topological polar surface area (TPSA) is 73.1 Å². The SMILES string of the molecule is CC[C@H](C)n1c(=O)c2ccccc2n(CC(=O)Nc2c(C)cccc2C)c1=O. The van der Waals surface area contributed by atoms with Crippen LogP contribution in [0.3, 0.4) is 0 Å². The van der Waals surface area contributed by atoms with Gasteiger partial charge in [-0.3, -0.25) is 18.7 Å². The molecular weight excluding hydrogens is 354 g/mol. The van der Waals surface area contributed by atoms with Gasteiger partial charge in [-0.25, -0.2) is 4.79 Å². The van der Waals surface area contributed by atoms with Gasteiger partial charge in [0.25, 0.3) is 5.56 Å². The normalized spacial score (nSPS) is 12.1. The molecule has 1 heterocycles. The average Bonchev–Trinajstić information content (AvgIpc) is 2.68. The van der Waals surface area contributed by atoms with Gasteiger partial charge in [0.1, 0.15) is 6.54 Å². The van der Waals surface area contributed by atoms with Crippen LogP contribution >= 0.6 is 0 Å². The standard InChI is InChI=1S/C22H25N3O3/c1-5-16(4)25-21(27)17-11-6-7-12-18(17)24(22(25)28)13-19(26)23-20-14(2)9-8-10-15(20)3/h6-12,16H,5,13H2,1-4H3,(H,23,26)/t16-/m0/s1. The van der Waals surface area contributed by atoms with Crippen LogP contribution in [0.5, 0.6) is 0 Å². The van der Waals surface area contributed by atoms with Gasteiger partial charge in [-0.1, -0.05) is 37.3 Å². The Balaban J connectivity index is 2.09. The van der Waals surface area contributed by atoms with Crippen molar-refractivity contribution < 1.29 is 4.79 Å². The van der Waals surface area contributed by atoms with E-state index in [1.165, 1.54) is 9.13 Å². The molecule has 0 saturated carbocycles. The first-order valence-electron chi connectivity index (χ1n) is 9.45. The third-order valence-corrected chi connectivity index (χ3v) is 5.16. The maximum absolute atomic E-state index is 13.1. The number of nitrogens with one attached hydrogen (secondary N) is 1. The van der Waals surface area contributed by atoms with Crippen molar-refractivity contribution in [1.82, 2.24) is 9.13 Å². The molecule has 6 nitrogen and oxygen atoms in total. The number of anilines is 1. The van der Waals surface area contributed by atoms with Crippen molar-refractivity contribution in [2.75, 3.05) is 5.32 Å². The highest BCUT2D eigenvalue weighted by atomic mass is 16.2. The van der Waals surface area contributed by atoms with E-state index in [2.05, 4.69) is 5.32 Å². The summed E-state index contributed by atoms with van der Waals surface area (Å²) < 4.78 is 2.63. The highest BCUT2D eigenvalue weighted by Crippen LogP contribution is 2.19. The molecule has 0 aliphatic carbocycles. The lowest BCUT2D eigenvalue weighted by atomic mass is 10.1. The molecule has 0 unspecified atom stereocenters. The zero-order valence-electron chi connectivity index (χ0n) is 16.7. The van der Waals surface area contributed by atoms with Crippen molar-refractivity contribution in [3.8, 4) is 0 Å². The van der Waals surface area contributed by atoms with E-state index in [4.69, 9.17) is 0 Å². The molecule has 1 N–H and O–H groups in total. The van der Waals surface area contributed by atoms with Crippen LogP contribution in [0.2, 0.25) is 0 Å². The Morgan fingerprint density at radius 1 is 1.04 bits per heavy atom. The minimum atomic E-state index is -0.463. The van der Waals surface area contributed by atoms with Crippen LogP contribution < -0.4 is 16.6 Å². The largest absolute Gasteiger partial charge is 0.332 e. The third-order valence-electron chi connectivity index (χ3n) is 5.16. The lowest BCUT2D eigenvalue weighted by molar-refractivity contribution is -0.116. The Kier molecular flexibility index (Phi) is 5.49. The molecule has 1 amide bonds. The molecule has 0 aliphatic rings. The molecule has 28 heavy (non-hydrogen) atoms. The first-order chi connectivity index (χ1) is 13.3. The summed E-state index contributed by atoms with van der Waals surface area (Å²) in [6.07, 6.45) is 0.641. The number of nitrogens with zero attached hydrogens (tertiary/aromatic N) is 2. The van der Waals surface area contributed by atoms with Gasteiger partial charge in [-0.05, 0) is 50.5 Å². The number of amides is 1. The number of fused-ring (bicyclic) bond motifs is 1. The number of hydrogen-bond donors (Lipinski definition) is 1. The predicted molar refractivity (Wildman–Crippen MR) is 112 cm³/mol.